The summed E-state index contributed by atoms with van der Waals surface area (Å²) < 4.78 is 0. The zero-order valence-electron chi connectivity index (χ0n) is 12.2. The van der Waals surface area contributed by atoms with E-state index in [1.165, 1.54) is 0 Å². The second-order valence-corrected chi connectivity index (χ2v) is 6.11. The van der Waals surface area contributed by atoms with Crippen LogP contribution < -0.4 is 5.32 Å². The minimum absolute atomic E-state index is 0.0139. The summed E-state index contributed by atoms with van der Waals surface area (Å²) in [7, 11) is 0. The number of rotatable bonds is 4. The fraction of sp³-hybridized carbons (Fsp3) is 0.375. The number of nitrogens with one attached hydrogen (secondary N) is 2. The number of aromatic nitrogens is 2. The van der Waals surface area contributed by atoms with Gasteiger partial charge in [-0.05, 0) is 38.3 Å². The largest absolute Gasteiger partial charge is 0.346 e. The van der Waals surface area contributed by atoms with Crippen LogP contribution in [-0.4, -0.2) is 16.1 Å². The van der Waals surface area contributed by atoms with Gasteiger partial charge in [-0.3, -0.25) is 9.89 Å². The van der Waals surface area contributed by atoms with Crippen LogP contribution in [0, 0.1) is 13.8 Å². The van der Waals surface area contributed by atoms with Gasteiger partial charge < -0.3 is 5.32 Å². The first kappa shape index (κ1) is 14.1. The monoisotopic (exact) mass is 303 g/mol. The smallest absolute Gasteiger partial charge is 0.225 e. The molecular formula is C16H18ClN3O. The molecule has 1 aliphatic rings. The summed E-state index contributed by atoms with van der Waals surface area (Å²) in [6.45, 7) is 3.84. The van der Waals surface area contributed by atoms with Gasteiger partial charge in [-0.15, -0.1) is 0 Å². The third kappa shape index (κ3) is 2.68. The van der Waals surface area contributed by atoms with Gasteiger partial charge in [-0.25, -0.2) is 0 Å². The molecule has 2 N–H and O–H groups in total. The molecule has 1 saturated carbocycles. The molecule has 0 atom stereocenters. The second kappa shape index (κ2) is 5.19. The number of amides is 1. The van der Waals surface area contributed by atoms with Crippen LogP contribution in [0.4, 0.5) is 0 Å². The molecule has 5 heteroatoms. The number of carbonyl (C=O) groups excluding carboxylic acids is 1. The normalized spacial score (nSPS) is 15.8. The molecule has 1 aliphatic carbocycles. The Morgan fingerprint density at radius 3 is 2.67 bits per heavy atom. The van der Waals surface area contributed by atoms with Crippen molar-refractivity contribution in [2.75, 3.05) is 0 Å². The summed E-state index contributed by atoms with van der Waals surface area (Å²) in [6, 6.07) is 7.72. The molecule has 0 unspecified atom stereocenters. The Balaban J connectivity index is 1.75. The van der Waals surface area contributed by atoms with E-state index >= 15 is 0 Å². The van der Waals surface area contributed by atoms with Crippen LogP contribution in [0.15, 0.2) is 24.3 Å². The Labute approximate surface area is 128 Å². The topological polar surface area (TPSA) is 57.8 Å². The maximum atomic E-state index is 12.4. The van der Waals surface area contributed by atoms with Crippen molar-refractivity contribution in [2.45, 2.75) is 38.6 Å². The molecular weight excluding hydrogens is 286 g/mol. The molecule has 3 rings (SSSR count). The molecule has 0 aliphatic heterocycles. The van der Waals surface area contributed by atoms with Crippen molar-refractivity contribution >= 4 is 17.5 Å². The van der Waals surface area contributed by atoms with Crippen LogP contribution in [0.1, 0.15) is 35.4 Å². The molecule has 1 amide bonds. The summed E-state index contributed by atoms with van der Waals surface area (Å²) in [4.78, 5) is 12.4. The number of nitrogens with zero attached hydrogens (tertiary/aromatic N) is 1. The Morgan fingerprint density at radius 1 is 1.38 bits per heavy atom. The van der Waals surface area contributed by atoms with E-state index in [2.05, 4.69) is 15.5 Å². The highest BCUT2D eigenvalue weighted by molar-refractivity contribution is 6.31. The highest BCUT2D eigenvalue weighted by Gasteiger charge is 2.46. The summed E-state index contributed by atoms with van der Waals surface area (Å²) in [5, 5.41) is 10.9. The highest BCUT2D eigenvalue weighted by Crippen LogP contribution is 2.47. The van der Waals surface area contributed by atoms with E-state index in [-0.39, 0.29) is 11.4 Å². The molecule has 0 bridgehead atoms. The van der Waals surface area contributed by atoms with Crippen molar-refractivity contribution in [3.63, 3.8) is 0 Å². The third-order valence-electron chi connectivity index (χ3n) is 4.14. The van der Waals surface area contributed by atoms with Crippen LogP contribution in [0.25, 0.3) is 0 Å². The average molecular weight is 304 g/mol. The fourth-order valence-corrected chi connectivity index (χ4v) is 3.06. The van der Waals surface area contributed by atoms with Crippen LogP contribution in [-0.2, 0) is 16.8 Å². The average Bonchev–Trinajstić information content (AvgIpc) is 3.16. The first-order valence-corrected chi connectivity index (χ1v) is 7.46. The highest BCUT2D eigenvalue weighted by atomic mass is 35.5. The Kier molecular flexibility index (Phi) is 3.49. The van der Waals surface area contributed by atoms with Gasteiger partial charge in [-0.1, -0.05) is 29.8 Å². The predicted molar refractivity (Wildman–Crippen MR) is 82.3 cm³/mol. The number of benzene rings is 1. The van der Waals surface area contributed by atoms with Crippen molar-refractivity contribution in [2.24, 2.45) is 0 Å². The lowest BCUT2D eigenvalue weighted by atomic mass is 10.0. The van der Waals surface area contributed by atoms with Crippen LogP contribution in [0.2, 0.25) is 5.02 Å². The summed E-state index contributed by atoms with van der Waals surface area (Å²) in [5.41, 5.74) is 3.54. The van der Waals surface area contributed by atoms with E-state index in [9.17, 15) is 4.79 Å². The van der Waals surface area contributed by atoms with Crippen LogP contribution >= 0.6 is 11.6 Å². The maximum Gasteiger partial charge on any atom is 0.225 e. The van der Waals surface area contributed by atoms with Gasteiger partial charge in [0.1, 0.15) is 0 Å². The van der Waals surface area contributed by atoms with E-state index in [1.807, 2.05) is 38.1 Å². The molecule has 0 spiro atoms. The summed E-state index contributed by atoms with van der Waals surface area (Å²) in [5.74, 6) is 0.0139. The first-order valence-electron chi connectivity index (χ1n) is 7.08. The molecule has 1 aromatic heterocycles. The lowest BCUT2D eigenvalue weighted by Crippen LogP contribution is -2.36. The van der Waals surface area contributed by atoms with Crippen LogP contribution in [0.5, 0.6) is 0 Å². The number of aryl methyl sites for hydroxylation is 2. The molecule has 4 nitrogen and oxygen atoms in total. The van der Waals surface area contributed by atoms with E-state index in [0.29, 0.717) is 11.4 Å². The van der Waals surface area contributed by atoms with Crippen LogP contribution in [0.3, 0.4) is 0 Å². The summed E-state index contributed by atoms with van der Waals surface area (Å²) in [6.07, 6.45) is 2.22. The molecule has 2 aromatic rings. The SMILES string of the molecule is Cc1n[nH]c(C)c1CC(=O)NC1(c2ccccc2Cl)CC1. The molecule has 21 heavy (non-hydrogen) atoms. The lowest BCUT2D eigenvalue weighted by molar-refractivity contribution is -0.121. The minimum Gasteiger partial charge on any atom is -0.346 e. The van der Waals surface area contributed by atoms with E-state index in [1.54, 1.807) is 0 Å². The van der Waals surface area contributed by atoms with Gasteiger partial charge in [0.2, 0.25) is 5.91 Å². The van der Waals surface area contributed by atoms with Gasteiger partial charge in [0.15, 0.2) is 0 Å². The second-order valence-electron chi connectivity index (χ2n) is 5.70. The molecule has 0 radical (unpaired) electrons. The number of hydrogen-bond donors (Lipinski definition) is 2. The number of hydrogen-bond acceptors (Lipinski definition) is 2. The Hall–Kier alpha value is -1.81. The standard InChI is InChI=1S/C16H18ClN3O/c1-10-12(11(2)20-19-10)9-15(21)18-16(7-8-16)13-5-3-4-6-14(13)17/h3-6H,7-9H2,1-2H3,(H,18,21)(H,19,20). The zero-order valence-corrected chi connectivity index (χ0v) is 12.9. The third-order valence-corrected chi connectivity index (χ3v) is 4.47. The number of carbonyl (C=O) groups is 1. The van der Waals surface area contributed by atoms with Gasteiger partial charge in [0.25, 0.3) is 0 Å². The Morgan fingerprint density at radius 2 is 2.10 bits per heavy atom. The first-order chi connectivity index (χ1) is 10.0. The fourth-order valence-electron chi connectivity index (χ4n) is 2.74. The Bertz CT molecular complexity index is 669. The van der Waals surface area contributed by atoms with Gasteiger partial charge in [0, 0.05) is 16.3 Å². The van der Waals surface area contributed by atoms with Crippen molar-refractivity contribution in [3.05, 3.63) is 51.8 Å². The number of H-pyrrole nitrogens is 1. The molecule has 110 valence electrons. The van der Waals surface area contributed by atoms with Crippen molar-refractivity contribution < 1.29 is 4.79 Å². The van der Waals surface area contributed by atoms with Gasteiger partial charge in [-0.2, -0.15) is 5.10 Å². The van der Waals surface area contributed by atoms with Crippen molar-refractivity contribution in [3.8, 4) is 0 Å². The van der Waals surface area contributed by atoms with E-state index in [0.717, 1.165) is 35.4 Å². The zero-order chi connectivity index (χ0) is 15.0. The van der Waals surface area contributed by atoms with Gasteiger partial charge in [0.05, 0.1) is 17.7 Å². The number of aromatic amines is 1. The van der Waals surface area contributed by atoms with E-state index in [4.69, 9.17) is 11.6 Å². The molecule has 1 fully saturated rings. The molecule has 1 heterocycles. The van der Waals surface area contributed by atoms with E-state index < -0.39 is 0 Å². The van der Waals surface area contributed by atoms with Crippen molar-refractivity contribution in [1.29, 1.82) is 0 Å². The molecule has 1 aromatic carbocycles. The summed E-state index contributed by atoms with van der Waals surface area (Å²) >= 11 is 6.26. The maximum absolute atomic E-state index is 12.4. The van der Waals surface area contributed by atoms with Crippen molar-refractivity contribution in [1.82, 2.24) is 15.5 Å². The predicted octanol–water partition coefficient (Wildman–Crippen LogP) is 3.03. The minimum atomic E-state index is -0.277. The molecule has 0 saturated heterocycles. The van der Waals surface area contributed by atoms with Gasteiger partial charge >= 0.3 is 0 Å². The number of halogens is 1. The quantitative estimate of drug-likeness (QED) is 0.912. The lowest BCUT2D eigenvalue weighted by Gasteiger charge is -2.19.